The summed E-state index contributed by atoms with van der Waals surface area (Å²) in [6.07, 6.45) is 0.361. The van der Waals surface area contributed by atoms with E-state index in [0.717, 1.165) is 12.1 Å². The van der Waals surface area contributed by atoms with Gasteiger partial charge in [0.25, 0.3) is 0 Å². The van der Waals surface area contributed by atoms with Gasteiger partial charge in [-0.1, -0.05) is 12.1 Å². The number of benzene rings is 2. The van der Waals surface area contributed by atoms with Crippen LogP contribution in [0.2, 0.25) is 0 Å². The summed E-state index contributed by atoms with van der Waals surface area (Å²) < 4.78 is 39.0. The van der Waals surface area contributed by atoms with Crippen LogP contribution in [-0.2, 0) is 6.42 Å². The van der Waals surface area contributed by atoms with Gasteiger partial charge in [0.2, 0.25) is 0 Å². The van der Waals surface area contributed by atoms with Gasteiger partial charge in [0, 0.05) is 12.5 Å². The van der Waals surface area contributed by atoms with Crippen molar-refractivity contribution in [1.82, 2.24) is 0 Å². The van der Waals surface area contributed by atoms with Gasteiger partial charge in [-0.2, -0.15) is 0 Å². The largest absolute Gasteiger partial charge is 0.294 e. The first-order valence-electron chi connectivity index (χ1n) is 5.79. The van der Waals surface area contributed by atoms with Crippen molar-refractivity contribution in [3.63, 3.8) is 0 Å². The maximum absolute atomic E-state index is 13.4. The van der Waals surface area contributed by atoms with E-state index in [-0.39, 0.29) is 17.8 Å². The van der Waals surface area contributed by atoms with Crippen LogP contribution in [0.25, 0.3) is 0 Å². The van der Waals surface area contributed by atoms with Gasteiger partial charge < -0.3 is 0 Å². The Morgan fingerprint density at radius 2 is 1.68 bits per heavy atom. The third-order valence-electron chi connectivity index (χ3n) is 2.76. The lowest BCUT2D eigenvalue weighted by Crippen LogP contribution is -2.04. The highest BCUT2D eigenvalue weighted by Crippen LogP contribution is 2.14. The Labute approximate surface area is 108 Å². The first-order valence-corrected chi connectivity index (χ1v) is 5.79. The number of aryl methyl sites for hydroxylation is 1. The van der Waals surface area contributed by atoms with Crippen LogP contribution in [0.15, 0.2) is 42.5 Å². The van der Waals surface area contributed by atoms with Crippen molar-refractivity contribution in [3.05, 3.63) is 71.0 Å². The van der Waals surface area contributed by atoms with E-state index in [2.05, 4.69) is 0 Å². The minimum atomic E-state index is -0.871. The lowest BCUT2D eigenvalue weighted by atomic mass is 10.0. The highest BCUT2D eigenvalue weighted by Gasteiger charge is 2.12. The highest BCUT2D eigenvalue weighted by molar-refractivity contribution is 5.96. The lowest BCUT2D eigenvalue weighted by molar-refractivity contribution is 0.0979. The fourth-order valence-electron chi connectivity index (χ4n) is 1.80. The van der Waals surface area contributed by atoms with Crippen molar-refractivity contribution < 1.29 is 18.0 Å². The number of ketones is 1. The number of hydrogen-bond acceptors (Lipinski definition) is 1. The molecule has 0 spiro atoms. The summed E-state index contributed by atoms with van der Waals surface area (Å²) in [6, 6.07) is 8.72. The Balaban J connectivity index is 2.05. The number of hydrogen-bond donors (Lipinski definition) is 0. The standard InChI is InChI=1S/C15H11F3O/c16-11-3-1-2-10(8-11)4-7-15(19)13-6-5-12(17)9-14(13)18/h1-3,5-6,8-9H,4,7H2. The van der Waals surface area contributed by atoms with Crippen LogP contribution in [0.5, 0.6) is 0 Å². The Hall–Kier alpha value is -2.10. The average Bonchev–Trinajstić information content (AvgIpc) is 2.36. The third kappa shape index (κ3) is 3.44. The van der Waals surface area contributed by atoms with Crippen molar-refractivity contribution in [2.24, 2.45) is 0 Å². The van der Waals surface area contributed by atoms with Gasteiger partial charge in [0.15, 0.2) is 5.78 Å². The van der Waals surface area contributed by atoms with Crippen LogP contribution >= 0.6 is 0 Å². The molecular formula is C15H11F3O. The molecule has 0 amide bonds. The molecule has 19 heavy (non-hydrogen) atoms. The summed E-state index contributed by atoms with van der Waals surface area (Å²) in [5, 5.41) is 0. The zero-order chi connectivity index (χ0) is 13.8. The summed E-state index contributed by atoms with van der Waals surface area (Å²) in [5.41, 5.74) is 0.522. The second-order valence-corrected chi connectivity index (χ2v) is 4.18. The van der Waals surface area contributed by atoms with E-state index >= 15 is 0 Å². The third-order valence-corrected chi connectivity index (χ3v) is 2.76. The van der Waals surface area contributed by atoms with Crippen molar-refractivity contribution in [2.75, 3.05) is 0 Å². The maximum Gasteiger partial charge on any atom is 0.166 e. The number of carbonyl (C=O) groups is 1. The SMILES string of the molecule is O=C(CCc1cccc(F)c1)c1ccc(F)cc1F. The summed E-state index contributed by atoms with van der Waals surface area (Å²) in [7, 11) is 0. The summed E-state index contributed by atoms with van der Waals surface area (Å²) >= 11 is 0. The van der Waals surface area contributed by atoms with Crippen LogP contribution < -0.4 is 0 Å². The van der Waals surface area contributed by atoms with E-state index in [1.54, 1.807) is 12.1 Å². The average molecular weight is 264 g/mol. The van der Waals surface area contributed by atoms with Gasteiger partial charge in [0.05, 0.1) is 5.56 Å². The molecule has 0 saturated carbocycles. The first kappa shape index (κ1) is 13.3. The molecule has 0 unspecified atom stereocenters. The van der Waals surface area contributed by atoms with Gasteiger partial charge in [-0.25, -0.2) is 13.2 Å². The Morgan fingerprint density at radius 3 is 2.37 bits per heavy atom. The van der Waals surface area contributed by atoms with Crippen LogP contribution in [0.1, 0.15) is 22.3 Å². The molecule has 0 saturated heterocycles. The molecule has 0 atom stereocenters. The molecule has 0 aliphatic heterocycles. The van der Waals surface area contributed by atoms with Gasteiger partial charge in [-0.05, 0) is 36.2 Å². The Morgan fingerprint density at radius 1 is 0.947 bits per heavy atom. The van der Waals surface area contributed by atoms with Gasteiger partial charge in [-0.3, -0.25) is 4.79 Å². The summed E-state index contributed by atoms with van der Waals surface area (Å²) in [5.74, 6) is -2.40. The Bertz CT molecular complexity index is 608. The molecule has 2 rings (SSSR count). The molecular weight excluding hydrogens is 253 g/mol. The van der Waals surface area contributed by atoms with E-state index in [1.807, 2.05) is 0 Å². The van der Waals surface area contributed by atoms with Crippen molar-refractivity contribution in [1.29, 1.82) is 0 Å². The molecule has 0 fully saturated rings. The zero-order valence-corrected chi connectivity index (χ0v) is 10.00. The van der Waals surface area contributed by atoms with Gasteiger partial charge >= 0.3 is 0 Å². The lowest BCUT2D eigenvalue weighted by Gasteiger charge is -2.03. The molecule has 0 radical (unpaired) electrons. The number of halogens is 3. The quantitative estimate of drug-likeness (QED) is 0.765. The molecule has 2 aromatic carbocycles. The molecule has 0 aromatic heterocycles. The number of carbonyl (C=O) groups excluding carboxylic acids is 1. The van der Waals surface area contributed by atoms with E-state index in [1.165, 1.54) is 12.1 Å². The first-order chi connectivity index (χ1) is 9.06. The van der Waals surface area contributed by atoms with E-state index in [0.29, 0.717) is 18.1 Å². The van der Waals surface area contributed by atoms with Gasteiger partial charge in [-0.15, -0.1) is 0 Å². The fourth-order valence-corrected chi connectivity index (χ4v) is 1.80. The molecule has 2 aromatic rings. The minimum absolute atomic E-state index is 0.0476. The second-order valence-electron chi connectivity index (χ2n) is 4.18. The van der Waals surface area contributed by atoms with E-state index in [4.69, 9.17) is 0 Å². The highest BCUT2D eigenvalue weighted by atomic mass is 19.1. The predicted molar refractivity (Wildman–Crippen MR) is 65.4 cm³/mol. The van der Waals surface area contributed by atoms with E-state index < -0.39 is 17.4 Å². The second kappa shape index (κ2) is 5.69. The monoisotopic (exact) mass is 264 g/mol. The summed E-state index contributed by atoms with van der Waals surface area (Å²) in [4.78, 5) is 11.8. The molecule has 0 bridgehead atoms. The molecule has 1 nitrogen and oxygen atoms in total. The topological polar surface area (TPSA) is 17.1 Å². The smallest absolute Gasteiger partial charge is 0.166 e. The van der Waals surface area contributed by atoms with Crippen LogP contribution in [0.3, 0.4) is 0 Å². The molecule has 0 aliphatic rings. The summed E-state index contributed by atoms with van der Waals surface area (Å²) in [6.45, 7) is 0. The number of Topliss-reactive ketones (excluding diaryl/α,β-unsaturated/α-hetero) is 1. The molecule has 4 heteroatoms. The molecule has 0 heterocycles. The van der Waals surface area contributed by atoms with Crippen LogP contribution in [-0.4, -0.2) is 5.78 Å². The van der Waals surface area contributed by atoms with Crippen molar-refractivity contribution >= 4 is 5.78 Å². The van der Waals surface area contributed by atoms with Crippen LogP contribution in [0.4, 0.5) is 13.2 Å². The fraction of sp³-hybridized carbons (Fsp3) is 0.133. The molecule has 0 aliphatic carbocycles. The zero-order valence-electron chi connectivity index (χ0n) is 10.00. The van der Waals surface area contributed by atoms with Gasteiger partial charge in [0.1, 0.15) is 17.5 Å². The van der Waals surface area contributed by atoms with Crippen molar-refractivity contribution in [2.45, 2.75) is 12.8 Å². The molecule has 98 valence electrons. The van der Waals surface area contributed by atoms with Crippen molar-refractivity contribution in [3.8, 4) is 0 Å². The Kier molecular flexibility index (Phi) is 4.00. The number of rotatable bonds is 4. The maximum atomic E-state index is 13.4. The van der Waals surface area contributed by atoms with Crippen LogP contribution in [0, 0.1) is 17.5 Å². The minimum Gasteiger partial charge on any atom is -0.294 e. The normalized spacial score (nSPS) is 10.5. The van der Waals surface area contributed by atoms with E-state index in [9.17, 15) is 18.0 Å². The molecule has 0 N–H and O–H groups in total. The predicted octanol–water partition coefficient (Wildman–Crippen LogP) is 3.92.